The number of phenolic OH excluding ortho intramolecular Hbond substituents is 1. The Morgan fingerprint density at radius 2 is 1.79 bits per heavy atom. The van der Waals surface area contributed by atoms with Gasteiger partial charge in [0.2, 0.25) is 5.91 Å². The molecule has 3 heterocycles. The van der Waals surface area contributed by atoms with Crippen LogP contribution in [0.3, 0.4) is 0 Å². The lowest BCUT2D eigenvalue weighted by Gasteiger charge is -2.28. The SMILES string of the molecule is Cc1ccccc1NC(=O)CCN1C(=S)NC(c2ccccn2)C1c1cc(C)n(-c2ccccc2O)c1C. The first-order valence-electron chi connectivity index (χ1n) is 12.7. The smallest absolute Gasteiger partial charge is 0.226 e. The number of phenols is 1. The van der Waals surface area contributed by atoms with Gasteiger partial charge < -0.3 is 25.2 Å². The molecule has 7 nitrogen and oxygen atoms in total. The fourth-order valence-corrected chi connectivity index (χ4v) is 5.58. The van der Waals surface area contributed by atoms with Crippen LogP contribution in [0, 0.1) is 20.8 Å². The number of nitrogens with one attached hydrogen (secondary N) is 2. The van der Waals surface area contributed by atoms with Crippen LogP contribution in [-0.4, -0.2) is 37.1 Å². The van der Waals surface area contributed by atoms with Crippen LogP contribution in [0.1, 0.15) is 46.7 Å². The Balaban J connectivity index is 1.48. The van der Waals surface area contributed by atoms with Gasteiger partial charge in [-0.15, -0.1) is 0 Å². The van der Waals surface area contributed by atoms with Crippen LogP contribution in [-0.2, 0) is 4.79 Å². The van der Waals surface area contributed by atoms with Crippen molar-refractivity contribution in [1.82, 2.24) is 19.8 Å². The monoisotopic (exact) mass is 525 g/mol. The summed E-state index contributed by atoms with van der Waals surface area (Å²) in [5, 5.41) is 17.7. The third kappa shape index (κ3) is 4.87. The lowest BCUT2D eigenvalue weighted by Crippen LogP contribution is -2.33. The van der Waals surface area contributed by atoms with E-state index in [0.717, 1.165) is 39.6 Å². The summed E-state index contributed by atoms with van der Waals surface area (Å²) in [5.41, 5.74) is 6.48. The number of carbonyl (C=O) groups is 1. The predicted molar refractivity (Wildman–Crippen MR) is 153 cm³/mol. The van der Waals surface area contributed by atoms with E-state index in [1.165, 1.54) is 0 Å². The zero-order chi connectivity index (χ0) is 26.8. The maximum Gasteiger partial charge on any atom is 0.226 e. The Kier molecular flexibility index (Phi) is 7.15. The number of hydrogen-bond donors (Lipinski definition) is 3. The number of aryl methyl sites for hydroxylation is 2. The molecule has 2 atom stereocenters. The molecule has 1 amide bonds. The van der Waals surface area contributed by atoms with Crippen molar-refractivity contribution in [2.24, 2.45) is 0 Å². The van der Waals surface area contributed by atoms with Crippen molar-refractivity contribution >= 4 is 28.9 Å². The average Bonchev–Trinajstić information content (AvgIpc) is 3.39. The van der Waals surface area contributed by atoms with E-state index < -0.39 is 0 Å². The molecule has 0 spiro atoms. The summed E-state index contributed by atoms with van der Waals surface area (Å²) in [6.45, 7) is 6.49. The van der Waals surface area contributed by atoms with Crippen molar-refractivity contribution in [2.45, 2.75) is 39.3 Å². The van der Waals surface area contributed by atoms with Gasteiger partial charge in [0.1, 0.15) is 5.75 Å². The van der Waals surface area contributed by atoms with Gasteiger partial charge in [0.15, 0.2) is 5.11 Å². The fraction of sp³-hybridized carbons (Fsp3) is 0.233. The normalized spacial score (nSPS) is 16.9. The quantitative estimate of drug-likeness (QED) is 0.276. The number of aromatic hydroxyl groups is 1. The molecule has 2 aromatic heterocycles. The Bertz CT molecular complexity index is 1480. The minimum Gasteiger partial charge on any atom is -0.506 e. The molecule has 1 aliphatic heterocycles. The van der Waals surface area contributed by atoms with Crippen LogP contribution in [0.25, 0.3) is 5.69 Å². The topological polar surface area (TPSA) is 82.4 Å². The fourth-order valence-electron chi connectivity index (χ4n) is 5.24. The molecule has 5 rings (SSSR count). The van der Waals surface area contributed by atoms with Crippen molar-refractivity contribution < 1.29 is 9.90 Å². The summed E-state index contributed by atoms with van der Waals surface area (Å²) in [7, 11) is 0. The van der Waals surface area contributed by atoms with E-state index in [4.69, 9.17) is 12.2 Å². The first-order valence-corrected chi connectivity index (χ1v) is 13.1. The number of hydrogen-bond acceptors (Lipinski definition) is 4. The Morgan fingerprint density at radius 1 is 1.05 bits per heavy atom. The van der Waals surface area contributed by atoms with Crippen LogP contribution in [0.5, 0.6) is 5.75 Å². The molecule has 0 saturated carbocycles. The molecule has 0 bridgehead atoms. The number of rotatable bonds is 7. The maximum absolute atomic E-state index is 12.9. The lowest BCUT2D eigenvalue weighted by atomic mass is 9.96. The lowest BCUT2D eigenvalue weighted by molar-refractivity contribution is -0.116. The van der Waals surface area contributed by atoms with Crippen LogP contribution in [0.4, 0.5) is 5.69 Å². The van der Waals surface area contributed by atoms with E-state index in [1.54, 1.807) is 12.3 Å². The van der Waals surface area contributed by atoms with E-state index in [-0.39, 0.29) is 30.2 Å². The van der Waals surface area contributed by atoms with Gasteiger partial charge in [-0.05, 0) is 80.5 Å². The molecule has 1 aliphatic rings. The van der Waals surface area contributed by atoms with Gasteiger partial charge in [-0.3, -0.25) is 9.78 Å². The molecular formula is C30H31N5O2S. The van der Waals surface area contributed by atoms with Crippen LogP contribution in [0.15, 0.2) is 79.0 Å². The largest absolute Gasteiger partial charge is 0.506 e. The molecule has 3 N–H and O–H groups in total. The number of anilines is 1. The Labute approximate surface area is 228 Å². The maximum atomic E-state index is 12.9. The molecule has 8 heteroatoms. The van der Waals surface area contributed by atoms with Gasteiger partial charge in [0, 0.05) is 36.2 Å². The first-order chi connectivity index (χ1) is 18.3. The third-order valence-corrected chi connectivity index (χ3v) is 7.46. The number of pyridine rings is 1. The number of nitrogens with zero attached hydrogens (tertiary/aromatic N) is 3. The number of carbonyl (C=O) groups excluding carboxylic acids is 1. The number of thiocarbonyl (C=S) groups is 1. The van der Waals surface area contributed by atoms with Crippen molar-refractivity contribution in [3.8, 4) is 11.4 Å². The average molecular weight is 526 g/mol. The first kappa shape index (κ1) is 25.5. The minimum atomic E-state index is -0.193. The molecule has 2 aromatic carbocycles. The van der Waals surface area contributed by atoms with Crippen LogP contribution < -0.4 is 10.6 Å². The summed E-state index contributed by atoms with van der Waals surface area (Å²) < 4.78 is 2.06. The highest BCUT2D eigenvalue weighted by molar-refractivity contribution is 7.80. The van der Waals surface area contributed by atoms with E-state index in [9.17, 15) is 9.90 Å². The van der Waals surface area contributed by atoms with Gasteiger partial charge in [-0.1, -0.05) is 36.4 Å². The van der Waals surface area contributed by atoms with Crippen molar-refractivity contribution in [3.05, 3.63) is 107 Å². The zero-order valence-electron chi connectivity index (χ0n) is 21.7. The second-order valence-electron chi connectivity index (χ2n) is 9.58. The van der Waals surface area contributed by atoms with E-state index >= 15 is 0 Å². The standard InChI is InChI=1S/C30H31N5O2S/c1-19-10-4-5-11-23(19)32-27(37)15-17-34-29(28(33-30(34)38)24-12-8-9-16-31-24)22-18-20(2)35(21(22)3)25-13-6-7-14-26(25)36/h4-14,16,18,28-29,36H,15,17H2,1-3H3,(H,32,37)(H,33,38). The zero-order valence-corrected chi connectivity index (χ0v) is 22.5. The van der Waals surface area contributed by atoms with Crippen LogP contribution >= 0.6 is 12.2 Å². The summed E-state index contributed by atoms with van der Waals surface area (Å²) in [5.74, 6) is 0.147. The molecule has 2 unspecified atom stereocenters. The number of benzene rings is 2. The molecule has 4 aromatic rings. The second-order valence-corrected chi connectivity index (χ2v) is 9.97. The minimum absolute atomic E-state index is 0.0678. The Morgan fingerprint density at radius 3 is 2.53 bits per heavy atom. The molecular weight excluding hydrogens is 494 g/mol. The third-order valence-electron chi connectivity index (χ3n) is 7.11. The van der Waals surface area contributed by atoms with E-state index in [0.29, 0.717) is 11.7 Å². The molecule has 1 saturated heterocycles. The highest BCUT2D eigenvalue weighted by atomic mass is 32.1. The summed E-state index contributed by atoms with van der Waals surface area (Å²) in [6.07, 6.45) is 2.06. The van der Waals surface area contributed by atoms with Gasteiger partial charge >= 0.3 is 0 Å². The van der Waals surface area contributed by atoms with Gasteiger partial charge in [0.05, 0.1) is 23.5 Å². The van der Waals surface area contributed by atoms with Gasteiger partial charge in [-0.2, -0.15) is 0 Å². The molecule has 0 radical (unpaired) electrons. The van der Waals surface area contributed by atoms with Gasteiger partial charge in [0.25, 0.3) is 0 Å². The number of aromatic nitrogens is 2. The Hall–Kier alpha value is -4.17. The van der Waals surface area contributed by atoms with Crippen molar-refractivity contribution in [3.63, 3.8) is 0 Å². The molecule has 0 aliphatic carbocycles. The second kappa shape index (κ2) is 10.7. The highest BCUT2D eigenvalue weighted by Gasteiger charge is 2.41. The molecule has 38 heavy (non-hydrogen) atoms. The highest BCUT2D eigenvalue weighted by Crippen LogP contribution is 2.42. The summed E-state index contributed by atoms with van der Waals surface area (Å²) in [4.78, 5) is 19.6. The number of amides is 1. The van der Waals surface area contributed by atoms with Gasteiger partial charge in [-0.25, -0.2) is 0 Å². The molecule has 194 valence electrons. The van der Waals surface area contributed by atoms with Crippen molar-refractivity contribution in [2.75, 3.05) is 11.9 Å². The summed E-state index contributed by atoms with van der Waals surface area (Å²) >= 11 is 5.80. The number of para-hydroxylation sites is 3. The molecule has 1 fully saturated rings. The summed E-state index contributed by atoms with van der Waals surface area (Å²) in [6, 6.07) is 22.7. The predicted octanol–water partition coefficient (Wildman–Crippen LogP) is 5.50. The van der Waals surface area contributed by atoms with E-state index in [2.05, 4.69) is 38.1 Å². The van der Waals surface area contributed by atoms with Crippen molar-refractivity contribution in [1.29, 1.82) is 0 Å². The van der Waals surface area contributed by atoms with E-state index in [1.807, 2.05) is 74.5 Å². The van der Waals surface area contributed by atoms with Crippen LogP contribution in [0.2, 0.25) is 0 Å².